The van der Waals surface area contributed by atoms with Crippen molar-refractivity contribution >= 4 is 22.6 Å². The van der Waals surface area contributed by atoms with Crippen molar-refractivity contribution in [2.75, 3.05) is 6.26 Å². The fourth-order valence-corrected chi connectivity index (χ4v) is 1.81. The number of benzene rings is 1. The van der Waals surface area contributed by atoms with E-state index >= 15 is 0 Å². The zero-order valence-corrected chi connectivity index (χ0v) is 11.2. The average molecular weight is 273 g/mol. The van der Waals surface area contributed by atoms with Crippen molar-refractivity contribution in [3.05, 3.63) is 30.1 Å². The Morgan fingerprint density at radius 3 is 3.00 bits per heavy atom. The number of nitrogens with zero attached hydrogens (tertiary/aromatic N) is 6. The summed E-state index contributed by atoms with van der Waals surface area (Å²) in [5, 5.41) is 22.8. The van der Waals surface area contributed by atoms with Crippen LogP contribution in [0.5, 0.6) is 0 Å². The van der Waals surface area contributed by atoms with Crippen molar-refractivity contribution in [2.45, 2.75) is 6.92 Å². The lowest BCUT2D eigenvalue weighted by molar-refractivity contribution is 0.789. The van der Waals surface area contributed by atoms with E-state index in [0.29, 0.717) is 10.9 Å². The Bertz CT molecular complexity index is 627. The number of hydrogen-bond donors (Lipinski definition) is 1. The fraction of sp³-hybridized carbons (Fsp3) is 0.182. The highest BCUT2D eigenvalue weighted by Crippen LogP contribution is 2.24. The van der Waals surface area contributed by atoms with E-state index in [0.717, 1.165) is 11.3 Å². The monoisotopic (exact) mass is 273 g/mol. The number of nitriles is 1. The van der Waals surface area contributed by atoms with Gasteiger partial charge >= 0.3 is 0 Å². The lowest BCUT2D eigenvalue weighted by Gasteiger charge is -2.07. The molecular weight excluding hydrogens is 262 g/mol. The molecule has 0 aliphatic rings. The van der Waals surface area contributed by atoms with Crippen molar-refractivity contribution < 1.29 is 0 Å². The van der Waals surface area contributed by atoms with E-state index in [1.807, 2.05) is 37.6 Å². The number of rotatable bonds is 2. The van der Waals surface area contributed by atoms with Gasteiger partial charge < -0.3 is 0 Å². The average Bonchev–Trinajstić information content (AvgIpc) is 2.92. The molecule has 0 fully saturated rings. The standard InChI is InChI=1S/C11H11N7S/c1-8-3-4-10(18-7-14-16-17-18)9(5-8)15-11(19-2)13-6-12/h3-5,7H,1-2H3,(H,13,15). The van der Waals surface area contributed by atoms with Crippen LogP contribution in [-0.4, -0.2) is 31.6 Å². The van der Waals surface area contributed by atoms with E-state index in [-0.39, 0.29) is 0 Å². The molecule has 8 heteroatoms. The van der Waals surface area contributed by atoms with Crippen LogP contribution in [-0.2, 0) is 0 Å². The van der Waals surface area contributed by atoms with Gasteiger partial charge in [-0.3, -0.25) is 5.32 Å². The molecule has 0 aliphatic carbocycles. The normalized spacial score (nSPS) is 11.1. The summed E-state index contributed by atoms with van der Waals surface area (Å²) in [6.07, 6.45) is 5.20. The molecule has 2 aromatic rings. The van der Waals surface area contributed by atoms with E-state index in [2.05, 4.69) is 25.8 Å². The lowest BCUT2D eigenvalue weighted by atomic mass is 10.2. The molecule has 0 unspecified atom stereocenters. The minimum atomic E-state index is 0.516. The number of aliphatic imine (C=N–C) groups is 1. The minimum Gasteiger partial charge on any atom is -0.271 e. The van der Waals surface area contributed by atoms with Gasteiger partial charge in [-0.05, 0) is 41.3 Å². The zero-order valence-electron chi connectivity index (χ0n) is 10.4. The third-order valence-corrected chi connectivity index (χ3v) is 2.88. The number of thioether (sulfide) groups is 1. The van der Waals surface area contributed by atoms with Crippen LogP contribution < -0.4 is 5.32 Å². The molecule has 0 spiro atoms. The smallest absolute Gasteiger partial charge is 0.183 e. The van der Waals surface area contributed by atoms with Crippen LogP contribution in [0.15, 0.2) is 29.5 Å². The molecule has 1 aromatic carbocycles. The first-order chi connectivity index (χ1) is 9.24. The Hall–Kier alpha value is -2.40. The molecule has 96 valence electrons. The van der Waals surface area contributed by atoms with Gasteiger partial charge in [-0.1, -0.05) is 17.8 Å². The van der Waals surface area contributed by atoms with Gasteiger partial charge in [0.1, 0.15) is 6.33 Å². The Kier molecular flexibility index (Phi) is 4.10. The summed E-state index contributed by atoms with van der Waals surface area (Å²) in [7, 11) is 0. The van der Waals surface area contributed by atoms with Crippen molar-refractivity contribution in [1.82, 2.24) is 25.5 Å². The molecule has 2 rings (SSSR count). The first-order valence-electron chi connectivity index (χ1n) is 5.36. The first-order valence-corrected chi connectivity index (χ1v) is 6.59. The molecule has 0 saturated carbocycles. The number of tetrazole rings is 1. The van der Waals surface area contributed by atoms with Crippen molar-refractivity contribution in [3.8, 4) is 11.9 Å². The summed E-state index contributed by atoms with van der Waals surface area (Å²) < 4.78 is 1.53. The number of amidine groups is 1. The molecule has 1 aromatic heterocycles. The summed E-state index contributed by atoms with van der Waals surface area (Å²) in [6, 6.07) is 5.74. The Labute approximate surface area is 114 Å². The van der Waals surface area contributed by atoms with Crippen LogP contribution >= 0.6 is 11.8 Å². The molecule has 1 heterocycles. The van der Waals surface area contributed by atoms with E-state index in [4.69, 9.17) is 5.26 Å². The van der Waals surface area contributed by atoms with Crippen LogP contribution in [0, 0.1) is 18.4 Å². The molecular formula is C11H11N7S. The maximum Gasteiger partial charge on any atom is 0.183 e. The van der Waals surface area contributed by atoms with Gasteiger partial charge in [0.2, 0.25) is 0 Å². The second-order valence-corrected chi connectivity index (χ2v) is 4.40. The van der Waals surface area contributed by atoms with Crippen molar-refractivity contribution in [3.63, 3.8) is 0 Å². The summed E-state index contributed by atoms with van der Waals surface area (Å²) in [5.74, 6) is 0. The maximum absolute atomic E-state index is 8.66. The second-order valence-electron chi connectivity index (χ2n) is 3.60. The fourth-order valence-electron chi connectivity index (χ4n) is 1.47. The maximum atomic E-state index is 8.66. The Balaban J connectivity index is 2.50. The lowest BCUT2D eigenvalue weighted by Crippen LogP contribution is -2.12. The van der Waals surface area contributed by atoms with Gasteiger partial charge in [0.15, 0.2) is 11.4 Å². The summed E-state index contributed by atoms with van der Waals surface area (Å²) >= 11 is 1.36. The summed E-state index contributed by atoms with van der Waals surface area (Å²) in [5.41, 5.74) is 2.51. The molecule has 0 atom stereocenters. The predicted octanol–water partition coefficient (Wildman–Crippen LogP) is 1.39. The van der Waals surface area contributed by atoms with E-state index < -0.39 is 0 Å². The van der Waals surface area contributed by atoms with Gasteiger partial charge in [-0.25, -0.2) is 4.99 Å². The molecule has 0 amide bonds. The van der Waals surface area contributed by atoms with Crippen molar-refractivity contribution in [1.29, 1.82) is 5.26 Å². The summed E-state index contributed by atoms with van der Waals surface area (Å²) in [4.78, 5) is 4.41. The van der Waals surface area contributed by atoms with Gasteiger partial charge in [0.25, 0.3) is 0 Å². The molecule has 1 N–H and O–H groups in total. The van der Waals surface area contributed by atoms with E-state index in [1.165, 1.54) is 22.8 Å². The minimum absolute atomic E-state index is 0.516. The summed E-state index contributed by atoms with van der Waals surface area (Å²) in [6.45, 7) is 1.97. The van der Waals surface area contributed by atoms with Gasteiger partial charge in [0, 0.05) is 0 Å². The Morgan fingerprint density at radius 2 is 2.37 bits per heavy atom. The van der Waals surface area contributed by atoms with Gasteiger partial charge in [0.05, 0.1) is 11.4 Å². The van der Waals surface area contributed by atoms with Gasteiger partial charge in [-0.15, -0.1) is 5.10 Å². The molecule has 0 bridgehead atoms. The topological polar surface area (TPSA) is 91.8 Å². The third kappa shape index (κ3) is 3.08. The molecule has 19 heavy (non-hydrogen) atoms. The molecule has 0 radical (unpaired) electrons. The SMILES string of the molecule is CSC(=Nc1cc(C)ccc1-n1cnnn1)NC#N. The highest BCUT2D eigenvalue weighted by molar-refractivity contribution is 8.13. The van der Waals surface area contributed by atoms with Gasteiger partial charge in [-0.2, -0.15) is 9.94 Å². The van der Waals surface area contributed by atoms with Crippen LogP contribution in [0.2, 0.25) is 0 Å². The molecule has 0 saturated heterocycles. The van der Waals surface area contributed by atoms with Crippen LogP contribution in [0.1, 0.15) is 5.56 Å². The number of nitrogens with one attached hydrogen (secondary N) is 1. The predicted molar refractivity (Wildman–Crippen MR) is 73.2 cm³/mol. The third-order valence-electron chi connectivity index (χ3n) is 2.30. The van der Waals surface area contributed by atoms with E-state index in [1.54, 1.807) is 0 Å². The highest BCUT2D eigenvalue weighted by Gasteiger charge is 2.07. The number of aryl methyl sites for hydroxylation is 1. The van der Waals surface area contributed by atoms with Crippen LogP contribution in [0.3, 0.4) is 0 Å². The largest absolute Gasteiger partial charge is 0.271 e. The number of aromatic nitrogens is 4. The number of hydrogen-bond acceptors (Lipinski definition) is 6. The van der Waals surface area contributed by atoms with E-state index in [9.17, 15) is 0 Å². The quantitative estimate of drug-likeness (QED) is 0.385. The van der Waals surface area contributed by atoms with Crippen LogP contribution in [0.25, 0.3) is 5.69 Å². The zero-order chi connectivity index (χ0) is 13.7. The second kappa shape index (κ2) is 5.97. The highest BCUT2D eigenvalue weighted by atomic mass is 32.2. The molecule has 7 nitrogen and oxygen atoms in total. The van der Waals surface area contributed by atoms with Crippen LogP contribution in [0.4, 0.5) is 5.69 Å². The van der Waals surface area contributed by atoms with Crippen molar-refractivity contribution in [2.24, 2.45) is 4.99 Å². The molecule has 0 aliphatic heterocycles. The first kappa shape index (κ1) is 13.0. The Morgan fingerprint density at radius 1 is 1.53 bits per heavy atom.